The van der Waals surface area contributed by atoms with Gasteiger partial charge in [-0.25, -0.2) is 9.59 Å². The van der Waals surface area contributed by atoms with Gasteiger partial charge in [-0.15, -0.1) is 0 Å². The maximum Gasteiger partial charge on any atom is 0.480 e. The van der Waals surface area contributed by atoms with Crippen molar-refractivity contribution >= 4 is 88.1 Å². The van der Waals surface area contributed by atoms with Gasteiger partial charge in [0.2, 0.25) is 0 Å². The first-order chi connectivity index (χ1) is 37.1. The van der Waals surface area contributed by atoms with Crippen LogP contribution in [0.25, 0.3) is 0 Å². The SMILES string of the molecule is CC(C)C[Si]12O[Si]3(CCN)O[Si]4(CC(C)C)O[Si](CC(C)C)(O[Si]5(CCCNC(=O)Nc6ccc7c(c6)C(=O)OC76c7ccc(O)cc7Oc7cc(O)ccc76)O[Si](CC(C)C)(O1)O[Si](CC(C)C)(O3)O[Si](CC(C)C)(O5)O4)O2. The van der Waals surface area contributed by atoms with Crippen molar-refractivity contribution in [2.24, 2.45) is 41.2 Å². The number of phenols is 2. The van der Waals surface area contributed by atoms with E-state index in [0.717, 1.165) is 0 Å². The molecule has 6 saturated heterocycles. The molecule has 0 unspecified atom stereocenters. The summed E-state index contributed by atoms with van der Waals surface area (Å²) in [5.41, 5.74) is 7.12. The number of carbonyl (C=O) groups is 2. The van der Waals surface area contributed by atoms with Gasteiger partial charge in [-0.2, -0.15) is 0 Å². The molecule has 11 rings (SSSR count). The zero-order valence-electron chi connectivity index (χ0n) is 47.4. The topological polar surface area (TPSA) is 254 Å². The molecule has 3 aromatic carbocycles. The molecule has 3 aromatic rings. The van der Waals surface area contributed by atoms with Crippen LogP contribution < -0.4 is 21.1 Å². The van der Waals surface area contributed by atoms with E-state index in [1.807, 2.05) is 0 Å². The van der Waals surface area contributed by atoms with Crippen molar-refractivity contribution in [3.8, 4) is 23.0 Å². The average Bonchev–Trinajstić information content (AvgIpc) is 3.65. The molecule has 8 bridgehead atoms. The Balaban J connectivity index is 1.01. The molecule has 0 aliphatic carbocycles. The van der Waals surface area contributed by atoms with E-state index in [1.165, 1.54) is 24.3 Å². The summed E-state index contributed by atoms with van der Waals surface area (Å²) in [4.78, 5) is 27.9. The van der Waals surface area contributed by atoms with Gasteiger partial charge in [0.05, 0.1) is 5.56 Å². The normalized spacial score (nSPS) is 32.9. The number of aromatic hydroxyl groups is 2. The number of carbonyl (C=O) groups excluding carboxylic acids is 2. The molecule has 0 saturated carbocycles. The summed E-state index contributed by atoms with van der Waals surface area (Å²) < 4.78 is 106. The summed E-state index contributed by atoms with van der Waals surface area (Å²) in [6.07, 6.45) is 0.295. The highest BCUT2D eigenvalue weighted by Gasteiger charge is 2.83. The van der Waals surface area contributed by atoms with Crippen molar-refractivity contribution in [3.05, 3.63) is 76.9 Å². The maximum atomic E-state index is 14.0. The summed E-state index contributed by atoms with van der Waals surface area (Å²) in [5, 5.41) is 26.7. The van der Waals surface area contributed by atoms with Gasteiger partial charge in [-0.3, -0.25) is 0 Å². The Morgan fingerprint density at radius 1 is 0.506 bits per heavy atom. The number of anilines is 1. The number of urea groups is 1. The first kappa shape index (κ1) is 59.2. The standard InChI is InChI=1S/C50H79N3O18Si8/c1-33(2)27-74-60-72(22-13-21-52-49(57)53-39-14-17-43-42(24-39)48(56)59-50(43)44-18-15-40(54)25-46(44)58-47-26-41(55)16-19-45(47)50)61-75(28-34(3)4)68-77(66-74,30-36(7)8)63-73(23-20-51)64-78(67-74,31-37(9)10)69-76(62-72,29-35(5)6)71-79(65-73,70-75)32-38(11)12/h14-19,24-26,33-38,54-55H,13,20-23,27-32,51H2,1-12H3,(H2,52,53,57). The van der Waals surface area contributed by atoms with Gasteiger partial charge in [-0.1, -0.05) is 89.2 Å². The number of amides is 2. The summed E-state index contributed by atoms with van der Waals surface area (Å²) >= 11 is 0. The smallest absolute Gasteiger partial charge is 0.480 e. The Hall–Kier alpha value is -2.98. The van der Waals surface area contributed by atoms with Crippen LogP contribution in [0.4, 0.5) is 10.5 Å². The van der Waals surface area contributed by atoms with Crippen molar-refractivity contribution in [1.82, 2.24) is 5.32 Å². The van der Waals surface area contributed by atoms with Gasteiger partial charge in [0.15, 0.2) is 5.60 Å². The molecule has 29 heteroatoms. The van der Waals surface area contributed by atoms with Gasteiger partial charge in [0, 0.05) is 89.4 Å². The molecule has 6 fully saturated rings. The monoisotopic (exact) mass is 1230 g/mol. The average molecular weight is 1230 g/mol. The van der Waals surface area contributed by atoms with Crippen molar-refractivity contribution in [1.29, 1.82) is 0 Å². The van der Waals surface area contributed by atoms with Crippen LogP contribution in [-0.4, -0.2) is 106 Å². The lowest BCUT2D eigenvalue weighted by Gasteiger charge is -2.64. The highest BCUT2D eigenvalue weighted by Crippen LogP contribution is 2.59. The third-order valence-corrected chi connectivity index (χ3v) is 53.7. The van der Waals surface area contributed by atoms with Crippen LogP contribution >= 0.6 is 0 Å². The molecule has 8 aliphatic rings. The molecule has 6 N–H and O–H groups in total. The number of fused-ring (bicyclic) bond motifs is 6. The van der Waals surface area contributed by atoms with Crippen LogP contribution in [0, 0.1) is 35.5 Å². The van der Waals surface area contributed by atoms with Gasteiger partial charge in [-0.05, 0) is 84.9 Å². The van der Waals surface area contributed by atoms with Crippen LogP contribution in [0.5, 0.6) is 23.0 Å². The molecule has 79 heavy (non-hydrogen) atoms. The van der Waals surface area contributed by atoms with Crippen molar-refractivity contribution in [3.63, 3.8) is 0 Å². The Morgan fingerprint density at radius 2 is 0.861 bits per heavy atom. The number of ether oxygens (including phenoxy) is 2. The number of rotatable bonds is 19. The third-order valence-electron chi connectivity index (χ3n) is 14.1. The number of phenolic OH excluding ortho intramolecular Hbond substituents is 2. The molecule has 2 amide bonds. The van der Waals surface area contributed by atoms with E-state index in [4.69, 9.17) is 64.6 Å². The summed E-state index contributed by atoms with van der Waals surface area (Å²) in [7, 11) is -33.2. The third kappa shape index (κ3) is 11.7. The number of nitrogens with one attached hydrogen (secondary N) is 2. The predicted octanol–water partition coefficient (Wildman–Crippen LogP) is 9.85. The van der Waals surface area contributed by atoms with Gasteiger partial charge >= 0.3 is 82.4 Å². The quantitative estimate of drug-likeness (QED) is 0.0425. The number of benzene rings is 3. The molecule has 1 spiro atoms. The molecule has 434 valence electrons. The fourth-order valence-electron chi connectivity index (χ4n) is 12.0. The summed E-state index contributed by atoms with van der Waals surface area (Å²) in [5.74, 6) is -0.256. The van der Waals surface area contributed by atoms with E-state index in [-0.39, 0.29) is 89.2 Å². The first-order valence-corrected chi connectivity index (χ1v) is 43.5. The Morgan fingerprint density at radius 3 is 1.23 bits per heavy atom. The molecule has 0 atom stereocenters. The number of hydrogen-bond acceptors (Lipinski definition) is 19. The fraction of sp³-hybridized carbons (Fsp3) is 0.600. The van der Waals surface area contributed by atoms with Crippen LogP contribution in [0.15, 0.2) is 54.6 Å². The van der Waals surface area contributed by atoms with Gasteiger partial charge < -0.3 is 85.4 Å². The van der Waals surface area contributed by atoms with E-state index in [2.05, 4.69) is 93.7 Å². The number of esters is 1. The maximum absolute atomic E-state index is 14.0. The molecule has 8 aliphatic heterocycles. The molecule has 0 radical (unpaired) electrons. The molecular formula is C50H79N3O18Si8. The van der Waals surface area contributed by atoms with Crippen molar-refractivity contribution in [2.45, 2.75) is 143 Å². The lowest BCUT2D eigenvalue weighted by Crippen LogP contribution is -2.88. The Labute approximate surface area is 472 Å². The summed E-state index contributed by atoms with van der Waals surface area (Å²) in [6.45, 7) is 25.5. The van der Waals surface area contributed by atoms with Crippen LogP contribution in [0.2, 0.25) is 48.4 Å². The second-order valence-corrected chi connectivity index (χ2v) is 48.8. The number of hydrogen-bond donors (Lipinski definition) is 5. The molecule has 21 nitrogen and oxygen atoms in total. The van der Waals surface area contributed by atoms with Gasteiger partial charge in [0.1, 0.15) is 23.0 Å². The van der Waals surface area contributed by atoms with Crippen molar-refractivity contribution < 1.29 is 78.7 Å². The van der Waals surface area contributed by atoms with E-state index in [1.54, 1.807) is 30.3 Å². The van der Waals surface area contributed by atoms with E-state index >= 15 is 0 Å². The largest absolute Gasteiger partial charge is 0.508 e. The minimum atomic E-state index is -4.30. The van der Waals surface area contributed by atoms with Crippen molar-refractivity contribution in [2.75, 3.05) is 18.4 Å². The minimum Gasteiger partial charge on any atom is -0.508 e. The fourth-order valence-corrected chi connectivity index (χ4v) is 63.2. The van der Waals surface area contributed by atoms with E-state index in [0.29, 0.717) is 65.1 Å². The molecule has 0 aromatic heterocycles. The Kier molecular flexibility index (Phi) is 16.2. The Bertz CT molecular complexity index is 2610. The summed E-state index contributed by atoms with van der Waals surface area (Å²) in [6, 6.07) is 16.0. The van der Waals surface area contributed by atoms with E-state index in [9.17, 15) is 19.8 Å². The molecule has 8 heterocycles. The van der Waals surface area contributed by atoms with Crippen LogP contribution in [-0.2, 0) is 59.7 Å². The van der Waals surface area contributed by atoms with Crippen LogP contribution in [0.3, 0.4) is 0 Å². The lowest BCUT2D eigenvalue weighted by atomic mass is 9.77. The number of nitrogens with two attached hydrogens (primary N) is 1. The molecular weight excluding hydrogens is 1160 g/mol. The van der Waals surface area contributed by atoms with Crippen LogP contribution in [0.1, 0.15) is 117 Å². The van der Waals surface area contributed by atoms with Gasteiger partial charge in [0.25, 0.3) is 0 Å². The second kappa shape index (κ2) is 21.6. The predicted molar refractivity (Wildman–Crippen MR) is 305 cm³/mol. The second-order valence-electron chi connectivity index (χ2n) is 24.6. The highest BCUT2D eigenvalue weighted by molar-refractivity contribution is 7.03. The first-order valence-electron chi connectivity index (χ1n) is 28.0. The minimum absolute atomic E-state index is 0.00734. The zero-order chi connectivity index (χ0) is 56.8. The lowest BCUT2D eigenvalue weighted by molar-refractivity contribution is -0.0336. The highest BCUT2D eigenvalue weighted by atomic mass is 28.6. The van der Waals surface area contributed by atoms with E-state index < -0.39 is 88.0 Å². The zero-order valence-corrected chi connectivity index (χ0v) is 55.4.